The van der Waals surface area contributed by atoms with Gasteiger partial charge < -0.3 is 59.3 Å². The Morgan fingerprint density at radius 3 is 1.59 bits per heavy atom. The summed E-state index contributed by atoms with van der Waals surface area (Å²) in [6.45, 7) is 21.3. The third kappa shape index (κ3) is 13.9. The van der Waals surface area contributed by atoms with Crippen LogP contribution in [-0.2, 0) is 33.4 Å². The minimum Gasteiger partial charge on any atom is -0.493 e. The number of hydrogen-bond acceptors (Lipinski definition) is 14. The molecule has 0 bridgehead atoms. The molecule has 508 valence electrons. The summed E-state index contributed by atoms with van der Waals surface area (Å²) in [7, 11) is -0.0110. The minimum atomic E-state index is -1.85. The van der Waals surface area contributed by atoms with E-state index in [1.165, 1.54) is 37.9 Å². The zero-order chi connectivity index (χ0) is 68.8. The van der Waals surface area contributed by atoms with Crippen molar-refractivity contribution in [2.24, 2.45) is 17.1 Å². The molecule has 0 spiro atoms. The van der Waals surface area contributed by atoms with Crippen LogP contribution in [0.3, 0.4) is 0 Å². The number of ether oxygens (including phenoxy) is 7. The van der Waals surface area contributed by atoms with Crippen LogP contribution in [0.15, 0.2) is 115 Å². The van der Waals surface area contributed by atoms with E-state index in [1.807, 2.05) is 68.6 Å². The summed E-state index contributed by atoms with van der Waals surface area (Å²) in [5, 5.41) is 5.67. The average molecular weight is 1340 g/mol. The van der Waals surface area contributed by atoms with Crippen molar-refractivity contribution >= 4 is 80.3 Å². The fourth-order valence-corrected chi connectivity index (χ4v) is 14.9. The number of anilines is 3. The summed E-state index contributed by atoms with van der Waals surface area (Å²) >= 11 is 0. The van der Waals surface area contributed by atoms with E-state index in [4.69, 9.17) is 38.9 Å². The van der Waals surface area contributed by atoms with Gasteiger partial charge in [0.15, 0.2) is 28.6 Å². The third-order valence-electron chi connectivity index (χ3n) is 19.4. The first-order valence-electron chi connectivity index (χ1n) is 33.0. The molecular weight excluding hydrogens is 1260 g/mol. The van der Waals surface area contributed by atoms with E-state index >= 15 is 4.79 Å². The third-order valence-corrected chi connectivity index (χ3v) is 22.8. The molecule has 1 fully saturated rings. The lowest BCUT2D eigenvalue weighted by Gasteiger charge is -2.46. The Hall–Kier alpha value is -8.78. The molecule has 0 radical (unpaired) electrons. The van der Waals surface area contributed by atoms with Crippen LogP contribution in [0.2, 0.25) is 51.4 Å². The number of nitrogens with zero attached hydrogens (tertiary/aromatic N) is 4. The number of rotatable bonds is 27. The van der Waals surface area contributed by atoms with E-state index in [0.29, 0.717) is 77.2 Å². The lowest BCUT2D eigenvalue weighted by Crippen LogP contribution is -2.61. The van der Waals surface area contributed by atoms with Crippen LogP contribution in [0.25, 0.3) is 16.7 Å². The smallest absolute Gasteiger partial charge is 0.405 e. The fraction of sp³-hybridized carbons (Fsp3) is 0.438. The summed E-state index contributed by atoms with van der Waals surface area (Å²) in [5.41, 5.74) is 10.8. The number of fused-ring (bicyclic) bond motifs is 7. The van der Waals surface area contributed by atoms with Crippen molar-refractivity contribution in [3.8, 4) is 34.1 Å². The second kappa shape index (κ2) is 27.4. The number of carbonyl (C=O) groups excluding carboxylic acids is 7. The molecule has 11 rings (SSSR count). The van der Waals surface area contributed by atoms with Gasteiger partial charge in [-0.1, -0.05) is 114 Å². The van der Waals surface area contributed by atoms with Gasteiger partial charge in [0, 0.05) is 90.2 Å². The number of methoxy groups -OCH3 is 2. The molecule has 0 aromatic heterocycles. The molecule has 23 heteroatoms. The van der Waals surface area contributed by atoms with Gasteiger partial charge in [-0.15, -0.1) is 0 Å². The molecule has 0 saturated heterocycles. The molecular formula is C73H89N7O14Si2. The lowest BCUT2D eigenvalue weighted by molar-refractivity contribution is -0.153. The molecule has 2 unspecified atom stereocenters. The van der Waals surface area contributed by atoms with Crippen LogP contribution in [-0.4, -0.2) is 145 Å². The predicted octanol–water partition coefficient (Wildman–Crippen LogP) is 11.8. The normalized spacial score (nSPS) is 18.5. The molecule has 96 heavy (non-hydrogen) atoms. The highest BCUT2D eigenvalue weighted by Crippen LogP contribution is 2.57. The first kappa shape index (κ1) is 68.6. The molecule has 7 amide bonds. The van der Waals surface area contributed by atoms with Crippen LogP contribution < -0.4 is 45.1 Å². The molecule has 6 aliphatic rings. The summed E-state index contributed by atoms with van der Waals surface area (Å²) in [5.74, 6) is -1.33. The summed E-state index contributed by atoms with van der Waals surface area (Å²) in [4.78, 5) is 106. The monoisotopic (exact) mass is 1340 g/mol. The van der Waals surface area contributed by atoms with Crippen molar-refractivity contribution in [2.75, 3.05) is 69.2 Å². The lowest BCUT2D eigenvalue weighted by atomic mass is 9.63. The van der Waals surface area contributed by atoms with Crippen LogP contribution in [0, 0.1) is 11.3 Å². The molecule has 4 aliphatic heterocycles. The Labute approximate surface area is 563 Å². The predicted molar refractivity (Wildman–Crippen MR) is 372 cm³/mol. The van der Waals surface area contributed by atoms with Crippen molar-refractivity contribution in [3.05, 3.63) is 143 Å². The maximum absolute atomic E-state index is 15.0. The molecule has 4 N–H and O–H groups in total. The largest absolute Gasteiger partial charge is 0.493 e. The zero-order valence-electron chi connectivity index (χ0n) is 57.1. The van der Waals surface area contributed by atoms with Crippen molar-refractivity contribution < 1.29 is 66.7 Å². The number of carbonyl (C=O) groups is 7. The molecule has 1 saturated carbocycles. The summed E-state index contributed by atoms with van der Waals surface area (Å²) < 4.78 is 42.7. The van der Waals surface area contributed by atoms with Crippen molar-refractivity contribution in [3.63, 3.8) is 0 Å². The first-order chi connectivity index (χ1) is 45.6. The topological polar surface area (TPSA) is 247 Å². The van der Waals surface area contributed by atoms with Gasteiger partial charge in [-0.25, -0.2) is 4.79 Å². The molecule has 5 aromatic carbocycles. The van der Waals surface area contributed by atoms with E-state index in [-0.39, 0.29) is 73.8 Å². The van der Waals surface area contributed by atoms with Gasteiger partial charge >= 0.3 is 6.09 Å². The van der Waals surface area contributed by atoms with Crippen LogP contribution >= 0.6 is 0 Å². The molecule has 5 aromatic rings. The quantitative estimate of drug-likeness (QED) is 0.0327. The minimum absolute atomic E-state index is 0.0235. The van der Waals surface area contributed by atoms with Gasteiger partial charge in [-0.3, -0.25) is 38.6 Å². The highest BCUT2D eigenvalue weighted by atomic mass is 28.3. The Bertz CT molecular complexity index is 3900. The highest BCUT2D eigenvalue weighted by Gasteiger charge is 2.58. The standard InChI is InChI=1S/C73H89N7O14Si2/c1-44(75-70(86)73(4,94-71(74)87)72(2,3)64-52-20-15-13-18-50(52)51-19-14-16-21-53(51)64)65(81)76-49-26-24-46(25-27-49)48-35-59-69(85)80(43-91-31-33-96(10,11)12)57-39-63(61(89-6)37-55(57)67(83)78(59)41-48)93-29-17-28-92-62-38-56-54(36-60(62)88-5)66(82)77-40-47(45-22-23-45)34-58(77)68(84)79(56)42-90-30-32-95(7,8)9/h13-16,18-21,24-27,36-41,44-45,58-59,64H,17,22-23,28-35,42-43H2,1-12H3,(H2,74,87)(H,75,86)(H,76,81)/t44-,58?,59?,73+/m0/s1. The van der Waals surface area contributed by atoms with Crippen molar-refractivity contribution in [2.45, 2.75) is 141 Å². The van der Waals surface area contributed by atoms with E-state index in [2.05, 4.69) is 49.9 Å². The SMILES string of the molecule is COc1cc2c(cc1OCCCOc1cc3c(cc1OC)C(=O)N1C=C(C4CC4)CC1C(=O)N3COCC[Si](C)(C)C)N(COCC[Si](C)(C)C)C(=O)C1CC(c3ccc(NC(=O)[C@H](C)NC(=O)[C@@](C)(OC(N)=O)C(C)(C)C4c5ccccc5-c5ccccc54)cc3)=CN1C2=O. The molecule has 2 aliphatic carbocycles. The molecule has 4 atom stereocenters. The van der Waals surface area contributed by atoms with Gasteiger partial charge in [0.25, 0.3) is 29.5 Å². The fourth-order valence-electron chi connectivity index (χ4n) is 13.4. The second-order valence-electron chi connectivity index (χ2n) is 28.9. The average Bonchev–Trinajstić information content (AvgIpc) is 1.53. The number of nitrogens with one attached hydrogen (secondary N) is 2. The van der Waals surface area contributed by atoms with E-state index < -0.39 is 69.1 Å². The van der Waals surface area contributed by atoms with Gasteiger partial charge in [0.05, 0.1) is 49.9 Å². The van der Waals surface area contributed by atoms with Crippen LogP contribution in [0.1, 0.15) is 103 Å². The highest BCUT2D eigenvalue weighted by molar-refractivity contribution is 6.76. The first-order valence-corrected chi connectivity index (χ1v) is 40.5. The van der Waals surface area contributed by atoms with E-state index in [9.17, 15) is 28.8 Å². The zero-order valence-corrected chi connectivity index (χ0v) is 59.1. The molecule has 4 heterocycles. The van der Waals surface area contributed by atoms with Crippen LogP contribution in [0.5, 0.6) is 23.0 Å². The number of hydrogen-bond donors (Lipinski definition) is 3. The second-order valence-corrected chi connectivity index (χ2v) is 40.1. The number of nitrogens with two attached hydrogens (primary N) is 1. The van der Waals surface area contributed by atoms with E-state index in [1.54, 1.807) is 64.5 Å². The molecule has 21 nitrogen and oxygen atoms in total. The Morgan fingerprint density at radius 1 is 0.625 bits per heavy atom. The van der Waals surface area contributed by atoms with Gasteiger partial charge in [-0.05, 0) is 108 Å². The van der Waals surface area contributed by atoms with Gasteiger partial charge in [0.2, 0.25) is 5.91 Å². The van der Waals surface area contributed by atoms with Gasteiger partial charge in [0.1, 0.15) is 31.6 Å². The summed E-state index contributed by atoms with van der Waals surface area (Å²) in [6, 6.07) is 28.4. The Kier molecular flexibility index (Phi) is 19.6. The maximum atomic E-state index is 15.0. The number of amides is 7. The maximum Gasteiger partial charge on any atom is 0.405 e. The van der Waals surface area contributed by atoms with Crippen molar-refractivity contribution in [1.29, 1.82) is 0 Å². The summed E-state index contributed by atoms with van der Waals surface area (Å²) in [6.07, 6.45) is 5.54. The van der Waals surface area contributed by atoms with E-state index in [0.717, 1.165) is 52.8 Å². The van der Waals surface area contributed by atoms with Gasteiger partial charge in [-0.2, -0.15) is 0 Å². The van der Waals surface area contributed by atoms with Crippen molar-refractivity contribution in [1.82, 2.24) is 15.1 Å². The Balaban J connectivity index is 0.769. The van der Waals surface area contributed by atoms with Crippen LogP contribution in [0.4, 0.5) is 21.9 Å². The Morgan fingerprint density at radius 2 is 1.11 bits per heavy atom. The number of benzene rings is 5. The number of primary amides is 1.